The lowest BCUT2D eigenvalue weighted by atomic mass is 10.1. The highest BCUT2D eigenvalue weighted by molar-refractivity contribution is 9.10. The topological polar surface area (TPSA) is 74.6 Å². The molecular formula is C12H16BrN3O3. The molecule has 1 aromatic heterocycles. The average Bonchev–Trinajstić information content (AvgIpc) is 2.84. The monoisotopic (exact) mass is 329 g/mol. The Morgan fingerprint density at radius 1 is 1.63 bits per heavy atom. The van der Waals surface area contributed by atoms with Gasteiger partial charge in [-0.1, -0.05) is 0 Å². The minimum Gasteiger partial charge on any atom is -0.457 e. The fourth-order valence-corrected chi connectivity index (χ4v) is 2.48. The Hall–Kier alpha value is -1.34. The van der Waals surface area contributed by atoms with E-state index in [2.05, 4.69) is 26.6 Å². The fourth-order valence-electron chi connectivity index (χ4n) is 2.07. The number of piperazine rings is 1. The predicted molar refractivity (Wildman–Crippen MR) is 72.8 cm³/mol. The van der Waals surface area contributed by atoms with Crippen molar-refractivity contribution in [1.82, 2.24) is 15.5 Å². The molecule has 1 atom stereocenters. The predicted octanol–water partition coefficient (Wildman–Crippen LogP) is 0.592. The second-order valence-corrected chi connectivity index (χ2v) is 4.94. The highest BCUT2D eigenvalue weighted by Gasteiger charge is 2.33. The molecule has 1 aliphatic rings. The van der Waals surface area contributed by atoms with Crippen molar-refractivity contribution in [2.45, 2.75) is 13.0 Å². The largest absolute Gasteiger partial charge is 0.457 e. The number of hydrogen-bond donors (Lipinski definition) is 2. The van der Waals surface area contributed by atoms with Gasteiger partial charge in [0.2, 0.25) is 5.91 Å². The molecule has 1 unspecified atom stereocenters. The molecule has 7 heteroatoms. The number of rotatable bonds is 3. The first-order valence-electron chi connectivity index (χ1n) is 6.17. The molecule has 0 spiro atoms. The van der Waals surface area contributed by atoms with Gasteiger partial charge in [0, 0.05) is 26.2 Å². The van der Waals surface area contributed by atoms with Gasteiger partial charge in [-0.05, 0) is 28.9 Å². The van der Waals surface area contributed by atoms with Crippen molar-refractivity contribution < 1.29 is 14.0 Å². The molecule has 0 radical (unpaired) electrons. The summed E-state index contributed by atoms with van der Waals surface area (Å²) in [5.74, 6) is -0.332. The smallest absolute Gasteiger partial charge is 0.259 e. The zero-order chi connectivity index (χ0) is 13.8. The van der Waals surface area contributed by atoms with Crippen molar-refractivity contribution in [1.29, 1.82) is 0 Å². The zero-order valence-electron chi connectivity index (χ0n) is 10.6. The molecule has 2 N–H and O–H groups in total. The van der Waals surface area contributed by atoms with Gasteiger partial charge in [-0.15, -0.1) is 0 Å². The molecule has 0 aliphatic carbocycles. The molecule has 1 fully saturated rings. The Balaban J connectivity index is 2.18. The van der Waals surface area contributed by atoms with Crippen molar-refractivity contribution in [3.05, 3.63) is 22.6 Å². The number of furan rings is 1. The van der Waals surface area contributed by atoms with Gasteiger partial charge in [-0.25, -0.2) is 0 Å². The summed E-state index contributed by atoms with van der Waals surface area (Å²) in [5, 5.41) is 5.88. The highest BCUT2D eigenvalue weighted by atomic mass is 79.9. The van der Waals surface area contributed by atoms with Crippen LogP contribution in [0.25, 0.3) is 0 Å². The second kappa shape index (κ2) is 6.21. The van der Waals surface area contributed by atoms with Crippen LogP contribution in [-0.2, 0) is 4.79 Å². The van der Waals surface area contributed by atoms with E-state index in [1.807, 2.05) is 6.92 Å². The van der Waals surface area contributed by atoms with Gasteiger partial charge in [0.15, 0.2) is 4.67 Å². The second-order valence-electron chi connectivity index (χ2n) is 4.22. The summed E-state index contributed by atoms with van der Waals surface area (Å²) in [7, 11) is 0. The normalized spacial score (nSPS) is 19.3. The minimum absolute atomic E-state index is 0.136. The molecule has 2 amide bonds. The minimum atomic E-state index is -0.483. The summed E-state index contributed by atoms with van der Waals surface area (Å²) in [5.41, 5.74) is 0.441. The third kappa shape index (κ3) is 2.98. The van der Waals surface area contributed by atoms with E-state index in [9.17, 15) is 9.59 Å². The number of likely N-dealkylation sites (N-methyl/N-ethyl adjacent to an activating group) is 1. The molecule has 104 valence electrons. The standard InChI is InChI=1S/C12H16BrN3O3/c1-2-15-11(17)9-7-14-4-5-16(9)12(18)8-3-6-19-10(8)13/h3,6,9,14H,2,4-5,7H2,1H3,(H,15,17). The summed E-state index contributed by atoms with van der Waals surface area (Å²) in [6.07, 6.45) is 1.45. The number of amides is 2. The van der Waals surface area contributed by atoms with E-state index in [0.717, 1.165) is 0 Å². The number of hydrogen-bond acceptors (Lipinski definition) is 4. The van der Waals surface area contributed by atoms with Crippen LogP contribution in [0.1, 0.15) is 17.3 Å². The van der Waals surface area contributed by atoms with E-state index in [1.165, 1.54) is 6.26 Å². The van der Waals surface area contributed by atoms with Gasteiger partial charge < -0.3 is 20.0 Å². The lowest BCUT2D eigenvalue weighted by Crippen LogP contribution is -2.59. The highest BCUT2D eigenvalue weighted by Crippen LogP contribution is 2.21. The Morgan fingerprint density at radius 2 is 2.42 bits per heavy atom. The van der Waals surface area contributed by atoms with E-state index in [4.69, 9.17) is 4.42 Å². The van der Waals surface area contributed by atoms with Gasteiger partial charge in [-0.2, -0.15) is 0 Å². The molecule has 0 saturated carbocycles. The molecule has 1 aromatic rings. The summed E-state index contributed by atoms with van der Waals surface area (Å²) in [6, 6.07) is 1.12. The molecule has 19 heavy (non-hydrogen) atoms. The number of carbonyl (C=O) groups excluding carboxylic acids is 2. The van der Waals surface area contributed by atoms with Crippen molar-refractivity contribution in [3.8, 4) is 0 Å². The summed E-state index contributed by atoms with van der Waals surface area (Å²) in [6.45, 7) is 4.04. The molecule has 2 heterocycles. The van der Waals surface area contributed by atoms with Crippen LogP contribution >= 0.6 is 15.9 Å². The third-order valence-electron chi connectivity index (χ3n) is 3.01. The Kier molecular flexibility index (Phi) is 4.60. The Labute approximate surface area is 119 Å². The van der Waals surface area contributed by atoms with Crippen molar-refractivity contribution >= 4 is 27.7 Å². The van der Waals surface area contributed by atoms with Crippen molar-refractivity contribution in [2.24, 2.45) is 0 Å². The molecule has 2 rings (SSSR count). The third-order valence-corrected chi connectivity index (χ3v) is 3.62. The lowest BCUT2D eigenvalue weighted by Gasteiger charge is -2.34. The van der Waals surface area contributed by atoms with Crippen LogP contribution in [-0.4, -0.2) is 48.9 Å². The Morgan fingerprint density at radius 3 is 3.05 bits per heavy atom. The molecular weight excluding hydrogens is 314 g/mol. The van der Waals surface area contributed by atoms with E-state index in [-0.39, 0.29) is 11.8 Å². The molecule has 6 nitrogen and oxygen atoms in total. The number of nitrogens with zero attached hydrogens (tertiary/aromatic N) is 1. The maximum atomic E-state index is 12.4. The van der Waals surface area contributed by atoms with Crippen molar-refractivity contribution in [3.63, 3.8) is 0 Å². The quantitative estimate of drug-likeness (QED) is 0.851. The Bertz CT molecular complexity index is 475. The lowest BCUT2D eigenvalue weighted by molar-refractivity contribution is -0.126. The number of halogens is 1. The summed E-state index contributed by atoms with van der Waals surface area (Å²) < 4.78 is 5.47. The number of nitrogens with one attached hydrogen (secondary N) is 2. The van der Waals surface area contributed by atoms with Crippen LogP contribution < -0.4 is 10.6 Å². The van der Waals surface area contributed by atoms with Gasteiger partial charge in [-0.3, -0.25) is 9.59 Å². The van der Waals surface area contributed by atoms with E-state index in [1.54, 1.807) is 11.0 Å². The van der Waals surface area contributed by atoms with Crippen LogP contribution in [0.5, 0.6) is 0 Å². The van der Waals surface area contributed by atoms with E-state index in [0.29, 0.717) is 36.4 Å². The summed E-state index contributed by atoms with van der Waals surface area (Å²) >= 11 is 3.19. The van der Waals surface area contributed by atoms with Gasteiger partial charge in [0.25, 0.3) is 5.91 Å². The SMILES string of the molecule is CCNC(=O)C1CNCCN1C(=O)c1ccoc1Br. The van der Waals surface area contributed by atoms with Crippen LogP contribution in [0.4, 0.5) is 0 Å². The maximum Gasteiger partial charge on any atom is 0.259 e. The average molecular weight is 330 g/mol. The van der Waals surface area contributed by atoms with Crippen molar-refractivity contribution in [2.75, 3.05) is 26.2 Å². The van der Waals surface area contributed by atoms with Crippen LogP contribution in [0.15, 0.2) is 21.4 Å². The molecule has 1 aliphatic heterocycles. The molecule has 0 aromatic carbocycles. The van der Waals surface area contributed by atoms with E-state index < -0.39 is 6.04 Å². The van der Waals surface area contributed by atoms with E-state index >= 15 is 0 Å². The van der Waals surface area contributed by atoms with Crippen LogP contribution in [0, 0.1) is 0 Å². The molecule has 0 bridgehead atoms. The number of carbonyl (C=O) groups is 2. The van der Waals surface area contributed by atoms with Gasteiger partial charge in [0.1, 0.15) is 6.04 Å². The molecule has 1 saturated heterocycles. The van der Waals surface area contributed by atoms with Crippen LogP contribution in [0.2, 0.25) is 0 Å². The zero-order valence-corrected chi connectivity index (χ0v) is 12.2. The maximum absolute atomic E-state index is 12.4. The first kappa shape index (κ1) is 14.1. The fraction of sp³-hybridized carbons (Fsp3) is 0.500. The van der Waals surface area contributed by atoms with Gasteiger partial charge in [0.05, 0.1) is 11.8 Å². The van der Waals surface area contributed by atoms with Crippen LogP contribution in [0.3, 0.4) is 0 Å². The first-order valence-corrected chi connectivity index (χ1v) is 6.96. The summed E-state index contributed by atoms with van der Waals surface area (Å²) in [4.78, 5) is 26.0. The van der Waals surface area contributed by atoms with Gasteiger partial charge >= 0.3 is 0 Å². The first-order chi connectivity index (χ1) is 9.15.